The van der Waals surface area contributed by atoms with E-state index >= 15 is 0 Å². The summed E-state index contributed by atoms with van der Waals surface area (Å²) in [6.07, 6.45) is 0.404. The van der Waals surface area contributed by atoms with E-state index < -0.39 is 0 Å². The minimum Gasteiger partial charge on any atom is -0.391 e. The number of rotatable bonds is 1. The average Bonchev–Trinajstić information content (AvgIpc) is 2.34. The zero-order valence-electron chi connectivity index (χ0n) is 5.92. The van der Waals surface area contributed by atoms with Crippen molar-refractivity contribution in [2.45, 2.75) is 12.5 Å². The second-order valence-electron chi connectivity index (χ2n) is 2.53. The molecule has 0 aromatic heterocycles. The molecule has 0 bridgehead atoms. The summed E-state index contributed by atoms with van der Waals surface area (Å²) in [6.45, 7) is 1.48. The van der Waals surface area contributed by atoms with E-state index in [1.54, 1.807) is 4.90 Å². The highest BCUT2D eigenvalue weighted by atomic mass is 16.3. The lowest BCUT2D eigenvalue weighted by Gasteiger charge is -2.11. The van der Waals surface area contributed by atoms with Gasteiger partial charge in [-0.15, -0.1) is 0 Å². The van der Waals surface area contributed by atoms with Crippen molar-refractivity contribution in [3.63, 3.8) is 0 Å². The van der Waals surface area contributed by atoms with Crippen molar-refractivity contribution in [3.05, 3.63) is 0 Å². The Morgan fingerprint density at radius 1 is 1.80 bits per heavy atom. The van der Waals surface area contributed by atoms with Crippen molar-refractivity contribution in [2.75, 3.05) is 19.6 Å². The lowest BCUT2D eigenvalue weighted by atomic mass is 10.3. The Bertz CT molecular complexity index is 138. The van der Waals surface area contributed by atoms with Crippen LogP contribution >= 0.6 is 0 Å². The van der Waals surface area contributed by atoms with Gasteiger partial charge in [0.05, 0.1) is 6.10 Å². The molecule has 10 heavy (non-hydrogen) atoms. The third-order valence-electron chi connectivity index (χ3n) is 1.73. The lowest BCUT2D eigenvalue weighted by Crippen LogP contribution is -2.57. The summed E-state index contributed by atoms with van der Waals surface area (Å²) in [5.74, 6) is 0.0385. The molecule has 1 unspecified atom stereocenters. The monoisotopic (exact) mass is 145 g/mol. The number of carbonyl (C=O) groups is 1. The van der Waals surface area contributed by atoms with Gasteiger partial charge in [0.15, 0.2) is 6.54 Å². The standard InChI is InChI=1S/C6H12N2O2/c7-3-6(10)8-2-1-5(9)4-8/h5,9H,1-4,7H2/p+1. The molecule has 1 amide bonds. The molecule has 58 valence electrons. The Hall–Kier alpha value is -0.610. The first kappa shape index (κ1) is 7.50. The van der Waals surface area contributed by atoms with Crippen molar-refractivity contribution < 1.29 is 15.6 Å². The summed E-state index contributed by atoms with van der Waals surface area (Å²) in [7, 11) is 0. The third-order valence-corrected chi connectivity index (χ3v) is 1.73. The molecule has 0 spiro atoms. The SMILES string of the molecule is [NH3+]CC(=O)N1CCC(O)C1. The van der Waals surface area contributed by atoms with E-state index in [9.17, 15) is 4.79 Å². The van der Waals surface area contributed by atoms with Gasteiger partial charge in [-0.25, -0.2) is 0 Å². The number of aliphatic hydroxyl groups is 1. The van der Waals surface area contributed by atoms with Crippen molar-refractivity contribution in [1.82, 2.24) is 4.90 Å². The summed E-state index contributed by atoms with van der Waals surface area (Å²) in [5.41, 5.74) is 3.48. The summed E-state index contributed by atoms with van der Waals surface area (Å²) in [6, 6.07) is 0. The van der Waals surface area contributed by atoms with Crippen molar-refractivity contribution in [2.24, 2.45) is 0 Å². The summed E-state index contributed by atoms with van der Waals surface area (Å²) in [5, 5.41) is 9.03. The predicted molar refractivity (Wildman–Crippen MR) is 35.0 cm³/mol. The first-order valence-electron chi connectivity index (χ1n) is 3.49. The first-order valence-corrected chi connectivity index (χ1v) is 3.49. The second kappa shape index (κ2) is 2.98. The lowest BCUT2D eigenvalue weighted by molar-refractivity contribution is -0.357. The van der Waals surface area contributed by atoms with Crippen LogP contribution in [0.5, 0.6) is 0 Å². The molecule has 1 rings (SSSR count). The molecule has 0 aliphatic carbocycles. The van der Waals surface area contributed by atoms with E-state index in [1.807, 2.05) is 0 Å². The van der Waals surface area contributed by atoms with Crippen LogP contribution in [-0.4, -0.2) is 41.7 Å². The smallest absolute Gasteiger partial charge is 0.277 e. The predicted octanol–water partition coefficient (Wildman–Crippen LogP) is -2.18. The normalized spacial score (nSPS) is 25.4. The molecule has 1 aliphatic rings. The number of carbonyl (C=O) groups excluding carboxylic acids is 1. The molecule has 1 atom stereocenters. The zero-order chi connectivity index (χ0) is 7.56. The molecule has 0 aromatic carbocycles. The van der Waals surface area contributed by atoms with Crippen molar-refractivity contribution >= 4 is 5.91 Å². The van der Waals surface area contributed by atoms with E-state index in [0.29, 0.717) is 26.1 Å². The molecular weight excluding hydrogens is 132 g/mol. The molecule has 4 heteroatoms. The Kier molecular flexibility index (Phi) is 2.24. The summed E-state index contributed by atoms with van der Waals surface area (Å²) < 4.78 is 0. The third kappa shape index (κ3) is 1.46. The van der Waals surface area contributed by atoms with Gasteiger partial charge in [0.2, 0.25) is 0 Å². The van der Waals surface area contributed by atoms with E-state index in [1.165, 1.54) is 0 Å². The molecule has 4 N–H and O–H groups in total. The zero-order valence-corrected chi connectivity index (χ0v) is 5.92. The second-order valence-corrected chi connectivity index (χ2v) is 2.53. The number of aliphatic hydroxyl groups excluding tert-OH is 1. The molecule has 4 nitrogen and oxygen atoms in total. The van der Waals surface area contributed by atoms with Gasteiger partial charge < -0.3 is 15.7 Å². The van der Waals surface area contributed by atoms with Crippen LogP contribution in [0, 0.1) is 0 Å². The number of likely N-dealkylation sites (tertiary alicyclic amines) is 1. The Morgan fingerprint density at radius 3 is 2.90 bits per heavy atom. The number of amides is 1. The fourth-order valence-corrected chi connectivity index (χ4v) is 1.13. The Balaban J connectivity index is 2.37. The number of quaternary nitrogens is 1. The van der Waals surface area contributed by atoms with Gasteiger partial charge in [-0.05, 0) is 6.42 Å². The average molecular weight is 145 g/mol. The molecule has 0 saturated carbocycles. The number of hydrogen-bond donors (Lipinski definition) is 2. The van der Waals surface area contributed by atoms with Gasteiger partial charge in [-0.2, -0.15) is 0 Å². The Labute approximate surface area is 59.6 Å². The molecule has 0 aromatic rings. The summed E-state index contributed by atoms with van der Waals surface area (Å²) >= 11 is 0. The molecule has 1 fully saturated rings. The van der Waals surface area contributed by atoms with E-state index in [0.717, 1.165) is 0 Å². The maximum absolute atomic E-state index is 10.9. The van der Waals surface area contributed by atoms with Crippen molar-refractivity contribution in [3.8, 4) is 0 Å². The molecular formula is C6H13N2O2+. The van der Waals surface area contributed by atoms with Crippen LogP contribution in [-0.2, 0) is 4.79 Å². The minimum atomic E-state index is -0.310. The summed E-state index contributed by atoms with van der Waals surface area (Å²) in [4.78, 5) is 12.6. The number of β-amino-alcohol motifs (C(OH)–C–C–N with tert-alkyl or cyclic N) is 1. The van der Waals surface area contributed by atoms with E-state index in [-0.39, 0.29) is 12.0 Å². The van der Waals surface area contributed by atoms with Gasteiger partial charge >= 0.3 is 0 Å². The van der Waals surface area contributed by atoms with Crippen LogP contribution in [0.3, 0.4) is 0 Å². The van der Waals surface area contributed by atoms with Gasteiger partial charge in [-0.3, -0.25) is 4.79 Å². The highest BCUT2D eigenvalue weighted by Crippen LogP contribution is 2.07. The molecule has 1 saturated heterocycles. The fraction of sp³-hybridized carbons (Fsp3) is 0.833. The van der Waals surface area contributed by atoms with Gasteiger partial charge in [0.1, 0.15) is 0 Å². The largest absolute Gasteiger partial charge is 0.391 e. The van der Waals surface area contributed by atoms with Gasteiger partial charge in [0.25, 0.3) is 5.91 Å². The maximum Gasteiger partial charge on any atom is 0.277 e. The highest BCUT2D eigenvalue weighted by Gasteiger charge is 2.23. The minimum absolute atomic E-state index is 0.0385. The van der Waals surface area contributed by atoms with Crippen molar-refractivity contribution in [1.29, 1.82) is 0 Å². The first-order chi connectivity index (χ1) is 4.74. The van der Waals surface area contributed by atoms with Crippen LogP contribution in [0.15, 0.2) is 0 Å². The van der Waals surface area contributed by atoms with Crippen LogP contribution in [0.4, 0.5) is 0 Å². The van der Waals surface area contributed by atoms with Gasteiger partial charge in [-0.1, -0.05) is 0 Å². The van der Waals surface area contributed by atoms with E-state index in [2.05, 4.69) is 5.73 Å². The number of nitrogens with zero attached hydrogens (tertiary/aromatic N) is 1. The highest BCUT2D eigenvalue weighted by molar-refractivity contribution is 5.77. The van der Waals surface area contributed by atoms with Crippen LogP contribution in [0.2, 0.25) is 0 Å². The van der Waals surface area contributed by atoms with Gasteiger partial charge in [0, 0.05) is 13.1 Å². The molecule has 1 heterocycles. The Morgan fingerprint density at radius 2 is 2.50 bits per heavy atom. The quantitative estimate of drug-likeness (QED) is 0.440. The van der Waals surface area contributed by atoms with Crippen LogP contribution in [0.25, 0.3) is 0 Å². The number of hydrogen-bond acceptors (Lipinski definition) is 2. The molecule has 0 radical (unpaired) electrons. The topological polar surface area (TPSA) is 68.2 Å². The van der Waals surface area contributed by atoms with E-state index in [4.69, 9.17) is 5.11 Å². The van der Waals surface area contributed by atoms with Crippen LogP contribution < -0.4 is 5.73 Å². The molecule has 1 aliphatic heterocycles. The maximum atomic E-state index is 10.9. The van der Waals surface area contributed by atoms with Crippen LogP contribution in [0.1, 0.15) is 6.42 Å². The fourth-order valence-electron chi connectivity index (χ4n) is 1.13.